The maximum atomic E-state index is 11.9. The second-order valence-electron chi connectivity index (χ2n) is 4.40. The van der Waals surface area contributed by atoms with E-state index in [-0.39, 0.29) is 6.04 Å². The highest BCUT2D eigenvalue weighted by molar-refractivity contribution is 7.87. The lowest BCUT2D eigenvalue weighted by molar-refractivity contribution is 0.179. The first-order chi connectivity index (χ1) is 8.44. The molecule has 7 heteroatoms. The van der Waals surface area contributed by atoms with Gasteiger partial charge in [-0.05, 0) is 32.9 Å². The van der Waals surface area contributed by atoms with Crippen LogP contribution in [0.3, 0.4) is 0 Å². The second kappa shape index (κ2) is 9.69. The highest BCUT2D eigenvalue weighted by Gasteiger charge is 2.19. The lowest BCUT2D eigenvalue weighted by Crippen LogP contribution is -2.44. The van der Waals surface area contributed by atoms with Crippen LogP contribution >= 0.6 is 0 Å². The summed E-state index contributed by atoms with van der Waals surface area (Å²) in [7, 11) is -0.264. The van der Waals surface area contributed by atoms with Gasteiger partial charge >= 0.3 is 0 Å². The van der Waals surface area contributed by atoms with Gasteiger partial charge in [0.1, 0.15) is 0 Å². The Kier molecular flexibility index (Phi) is 9.57. The van der Waals surface area contributed by atoms with Crippen LogP contribution in [0.15, 0.2) is 0 Å². The second-order valence-corrected chi connectivity index (χ2v) is 6.21. The van der Waals surface area contributed by atoms with Gasteiger partial charge in [-0.1, -0.05) is 6.92 Å². The molecule has 110 valence electrons. The van der Waals surface area contributed by atoms with Crippen LogP contribution in [-0.4, -0.2) is 59.2 Å². The van der Waals surface area contributed by atoms with Gasteiger partial charge in [0, 0.05) is 26.7 Å². The smallest absolute Gasteiger partial charge is 0.279 e. The molecule has 0 saturated carbocycles. The van der Waals surface area contributed by atoms with Gasteiger partial charge in [-0.15, -0.1) is 0 Å². The first-order valence-corrected chi connectivity index (χ1v) is 7.81. The highest BCUT2D eigenvalue weighted by atomic mass is 32.2. The molecule has 0 radical (unpaired) electrons. The van der Waals surface area contributed by atoms with E-state index in [0.717, 1.165) is 25.9 Å². The van der Waals surface area contributed by atoms with E-state index in [1.54, 1.807) is 21.1 Å². The third kappa shape index (κ3) is 7.99. The summed E-state index contributed by atoms with van der Waals surface area (Å²) in [5, 5.41) is 3.24. The van der Waals surface area contributed by atoms with Gasteiger partial charge in [-0.2, -0.15) is 17.4 Å². The summed E-state index contributed by atoms with van der Waals surface area (Å²) in [4.78, 5) is 0. The van der Waals surface area contributed by atoms with Gasteiger partial charge in [-0.25, -0.2) is 0 Å². The zero-order valence-corrected chi connectivity index (χ0v) is 12.7. The molecule has 0 spiro atoms. The molecule has 0 aliphatic rings. The van der Waals surface area contributed by atoms with E-state index < -0.39 is 10.2 Å². The Morgan fingerprint density at radius 2 is 2.00 bits per heavy atom. The Balaban J connectivity index is 3.95. The molecule has 0 fully saturated rings. The highest BCUT2D eigenvalue weighted by Crippen LogP contribution is 1.98. The summed E-state index contributed by atoms with van der Waals surface area (Å²) in [5.74, 6) is 0. The summed E-state index contributed by atoms with van der Waals surface area (Å²) >= 11 is 0. The van der Waals surface area contributed by atoms with Crippen molar-refractivity contribution in [3.63, 3.8) is 0 Å². The fraction of sp³-hybridized carbons (Fsp3) is 1.00. The van der Waals surface area contributed by atoms with Crippen molar-refractivity contribution in [3.05, 3.63) is 0 Å². The molecule has 0 saturated heterocycles. The van der Waals surface area contributed by atoms with Crippen molar-refractivity contribution in [2.75, 3.05) is 40.4 Å². The van der Waals surface area contributed by atoms with Crippen molar-refractivity contribution in [2.45, 2.75) is 32.7 Å². The number of nitrogens with zero attached hydrogens (tertiary/aromatic N) is 1. The van der Waals surface area contributed by atoms with Crippen molar-refractivity contribution in [2.24, 2.45) is 0 Å². The Morgan fingerprint density at radius 3 is 2.56 bits per heavy atom. The monoisotopic (exact) mass is 281 g/mol. The third-order valence-corrected chi connectivity index (χ3v) is 4.13. The molecule has 0 aromatic rings. The minimum atomic E-state index is -3.40. The Hall–Kier alpha value is -0.210. The minimum absolute atomic E-state index is 0.222. The molecule has 0 aromatic carbocycles. The van der Waals surface area contributed by atoms with Gasteiger partial charge in [-0.3, -0.25) is 0 Å². The van der Waals surface area contributed by atoms with Crippen LogP contribution in [0.2, 0.25) is 0 Å². The molecule has 0 bridgehead atoms. The van der Waals surface area contributed by atoms with Crippen LogP contribution in [0.25, 0.3) is 0 Å². The minimum Gasteiger partial charge on any atom is -0.383 e. The molecule has 0 aromatic heterocycles. The number of nitrogens with one attached hydrogen (secondary N) is 2. The van der Waals surface area contributed by atoms with E-state index in [1.165, 1.54) is 4.31 Å². The van der Waals surface area contributed by atoms with Crippen molar-refractivity contribution in [3.8, 4) is 0 Å². The first kappa shape index (κ1) is 17.8. The largest absolute Gasteiger partial charge is 0.383 e. The quantitative estimate of drug-likeness (QED) is 0.530. The molecule has 6 nitrogen and oxygen atoms in total. The third-order valence-electron chi connectivity index (χ3n) is 2.43. The van der Waals surface area contributed by atoms with Gasteiger partial charge < -0.3 is 10.1 Å². The maximum absolute atomic E-state index is 11.9. The Bertz CT molecular complexity index is 296. The molecule has 2 N–H and O–H groups in total. The average Bonchev–Trinajstić information content (AvgIpc) is 2.28. The number of hydrogen-bond donors (Lipinski definition) is 2. The number of hydrogen-bond acceptors (Lipinski definition) is 4. The lowest BCUT2D eigenvalue weighted by atomic mass is 10.4. The SMILES string of the molecule is CCCNCCCN(C)S(=O)(=O)NC(C)COC. The van der Waals surface area contributed by atoms with E-state index >= 15 is 0 Å². The fourth-order valence-electron chi connectivity index (χ4n) is 1.48. The summed E-state index contributed by atoms with van der Waals surface area (Å²) < 4.78 is 32.6. The standard InChI is InChI=1S/C11H27N3O3S/c1-5-7-12-8-6-9-14(3)18(15,16)13-11(2)10-17-4/h11-13H,5-10H2,1-4H3. The Morgan fingerprint density at radius 1 is 1.33 bits per heavy atom. The average molecular weight is 281 g/mol. The van der Waals surface area contributed by atoms with Crippen molar-refractivity contribution in [1.29, 1.82) is 0 Å². The molecule has 0 aliphatic heterocycles. The summed E-state index contributed by atoms with van der Waals surface area (Å²) in [6.07, 6.45) is 1.89. The van der Waals surface area contributed by atoms with Crippen LogP contribution in [-0.2, 0) is 14.9 Å². The van der Waals surface area contributed by atoms with Gasteiger partial charge in [0.15, 0.2) is 0 Å². The molecule has 18 heavy (non-hydrogen) atoms. The van der Waals surface area contributed by atoms with Crippen molar-refractivity contribution in [1.82, 2.24) is 14.3 Å². The number of rotatable bonds is 11. The zero-order chi connectivity index (χ0) is 14.0. The fourth-order valence-corrected chi connectivity index (χ4v) is 2.60. The summed E-state index contributed by atoms with van der Waals surface area (Å²) in [5.41, 5.74) is 0. The predicted octanol–water partition coefficient (Wildman–Crippen LogP) is 0.177. The van der Waals surface area contributed by atoms with Gasteiger partial charge in [0.25, 0.3) is 10.2 Å². The van der Waals surface area contributed by atoms with E-state index in [0.29, 0.717) is 13.2 Å². The summed E-state index contributed by atoms with van der Waals surface area (Å²) in [6.45, 7) is 6.56. The predicted molar refractivity (Wildman–Crippen MR) is 73.8 cm³/mol. The van der Waals surface area contributed by atoms with E-state index in [9.17, 15) is 8.42 Å². The van der Waals surface area contributed by atoms with E-state index in [1.807, 2.05) is 0 Å². The molecular weight excluding hydrogens is 254 g/mol. The van der Waals surface area contributed by atoms with Crippen molar-refractivity contribution >= 4 is 10.2 Å². The lowest BCUT2D eigenvalue weighted by Gasteiger charge is -2.20. The molecular formula is C11H27N3O3S. The topological polar surface area (TPSA) is 70.7 Å². The Labute approximate surface area is 111 Å². The summed E-state index contributed by atoms with van der Waals surface area (Å²) in [6, 6.07) is -0.222. The molecule has 0 heterocycles. The molecule has 1 atom stereocenters. The zero-order valence-electron chi connectivity index (χ0n) is 11.9. The van der Waals surface area contributed by atoms with Crippen molar-refractivity contribution < 1.29 is 13.2 Å². The number of methoxy groups -OCH3 is 1. The maximum Gasteiger partial charge on any atom is 0.279 e. The van der Waals surface area contributed by atoms with Crippen LogP contribution < -0.4 is 10.0 Å². The number of ether oxygens (including phenoxy) is 1. The van der Waals surface area contributed by atoms with Crippen LogP contribution in [0.4, 0.5) is 0 Å². The van der Waals surface area contributed by atoms with E-state index in [4.69, 9.17) is 4.74 Å². The molecule has 1 unspecified atom stereocenters. The molecule has 0 aliphatic carbocycles. The van der Waals surface area contributed by atoms with Gasteiger partial charge in [0.05, 0.1) is 6.61 Å². The molecule has 0 rings (SSSR count). The van der Waals surface area contributed by atoms with Crippen LogP contribution in [0.5, 0.6) is 0 Å². The normalized spacial score (nSPS) is 14.1. The van der Waals surface area contributed by atoms with Crippen LogP contribution in [0, 0.1) is 0 Å². The first-order valence-electron chi connectivity index (χ1n) is 6.37. The van der Waals surface area contributed by atoms with Crippen LogP contribution in [0.1, 0.15) is 26.7 Å². The molecule has 0 amide bonds. The van der Waals surface area contributed by atoms with Gasteiger partial charge in [0.2, 0.25) is 0 Å². The van der Waals surface area contributed by atoms with E-state index in [2.05, 4.69) is 17.0 Å².